The third kappa shape index (κ3) is 2.30. The van der Waals surface area contributed by atoms with Crippen molar-refractivity contribution in [3.8, 4) is 0 Å². The molecule has 4 nitrogen and oxygen atoms in total. The van der Waals surface area contributed by atoms with Gasteiger partial charge in [-0.3, -0.25) is 9.89 Å². The number of carbonyl (C=O) groups excluding carboxylic acids is 1. The molecule has 0 aliphatic rings. The fourth-order valence-electron chi connectivity index (χ4n) is 1.31. The van der Waals surface area contributed by atoms with Gasteiger partial charge in [-0.05, 0) is 31.2 Å². The minimum absolute atomic E-state index is 0.159. The van der Waals surface area contributed by atoms with Crippen molar-refractivity contribution in [2.75, 3.05) is 5.32 Å². The van der Waals surface area contributed by atoms with E-state index in [0.29, 0.717) is 5.56 Å². The molecule has 2 N–H and O–H groups in total. The van der Waals surface area contributed by atoms with Gasteiger partial charge in [-0.1, -0.05) is 15.9 Å². The van der Waals surface area contributed by atoms with E-state index in [1.54, 1.807) is 0 Å². The smallest absolute Gasteiger partial charge is 0.259 e. The topological polar surface area (TPSA) is 57.8 Å². The Balaban J connectivity index is 2.14. The molecule has 1 heterocycles. The number of aryl methyl sites for hydroxylation is 1. The van der Waals surface area contributed by atoms with Gasteiger partial charge in [0, 0.05) is 15.9 Å². The molecule has 0 bridgehead atoms. The summed E-state index contributed by atoms with van der Waals surface area (Å²) in [5, 5.41) is 9.32. The molecule has 2 rings (SSSR count). The highest BCUT2D eigenvalue weighted by molar-refractivity contribution is 9.10. The standard InChI is InChI=1S/C11H10BrN3O/c1-7-10(6-13-15-7)11(16)14-9-4-2-8(12)3-5-9/h2-6H,1H3,(H,13,15)(H,14,16). The number of nitrogens with zero attached hydrogens (tertiary/aromatic N) is 1. The molecule has 1 aromatic heterocycles. The maximum absolute atomic E-state index is 11.8. The third-order valence-corrected chi connectivity index (χ3v) is 2.71. The van der Waals surface area contributed by atoms with Crippen LogP contribution in [0, 0.1) is 6.92 Å². The van der Waals surface area contributed by atoms with E-state index in [-0.39, 0.29) is 5.91 Å². The van der Waals surface area contributed by atoms with Crippen molar-refractivity contribution < 1.29 is 4.79 Å². The van der Waals surface area contributed by atoms with Gasteiger partial charge in [-0.25, -0.2) is 0 Å². The van der Waals surface area contributed by atoms with Crippen molar-refractivity contribution in [2.24, 2.45) is 0 Å². The van der Waals surface area contributed by atoms with Crippen LogP contribution in [0.2, 0.25) is 0 Å². The number of amides is 1. The van der Waals surface area contributed by atoms with Crippen LogP contribution in [0.1, 0.15) is 16.1 Å². The minimum atomic E-state index is -0.159. The summed E-state index contributed by atoms with van der Waals surface area (Å²) in [6, 6.07) is 7.41. The molecule has 0 spiro atoms. The first-order valence-electron chi connectivity index (χ1n) is 4.73. The predicted octanol–water partition coefficient (Wildman–Crippen LogP) is 2.73. The molecule has 0 radical (unpaired) electrons. The molecule has 0 unspecified atom stereocenters. The van der Waals surface area contributed by atoms with E-state index in [4.69, 9.17) is 0 Å². The second-order valence-electron chi connectivity index (χ2n) is 3.37. The van der Waals surface area contributed by atoms with Gasteiger partial charge in [0.05, 0.1) is 11.8 Å². The SMILES string of the molecule is Cc1[nH]ncc1C(=O)Nc1ccc(Br)cc1. The monoisotopic (exact) mass is 279 g/mol. The summed E-state index contributed by atoms with van der Waals surface area (Å²) in [7, 11) is 0. The van der Waals surface area contributed by atoms with Crippen LogP contribution in [0.25, 0.3) is 0 Å². The summed E-state index contributed by atoms with van der Waals surface area (Å²) in [6.07, 6.45) is 1.52. The average Bonchev–Trinajstić information content (AvgIpc) is 2.68. The quantitative estimate of drug-likeness (QED) is 0.888. The lowest BCUT2D eigenvalue weighted by Crippen LogP contribution is -2.12. The molecule has 0 fully saturated rings. The Labute approximate surface area is 101 Å². The van der Waals surface area contributed by atoms with E-state index in [1.807, 2.05) is 31.2 Å². The van der Waals surface area contributed by atoms with E-state index in [1.165, 1.54) is 6.20 Å². The Kier molecular flexibility index (Phi) is 3.05. The summed E-state index contributed by atoms with van der Waals surface area (Å²) in [6.45, 7) is 1.81. The molecule has 0 atom stereocenters. The lowest BCUT2D eigenvalue weighted by atomic mass is 10.2. The van der Waals surface area contributed by atoms with Crippen LogP contribution in [0.4, 0.5) is 5.69 Å². The zero-order chi connectivity index (χ0) is 11.5. The van der Waals surface area contributed by atoms with Gasteiger partial charge in [-0.15, -0.1) is 0 Å². The third-order valence-electron chi connectivity index (χ3n) is 2.18. The molecule has 82 valence electrons. The second-order valence-corrected chi connectivity index (χ2v) is 4.29. The van der Waals surface area contributed by atoms with Gasteiger partial charge in [-0.2, -0.15) is 5.10 Å². The van der Waals surface area contributed by atoms with Crippen LogP contribution in [0.15, 0.2) is 34.9 Å². The van der Waals surface area contributed by atoms with E-state index in [9.17, 15) is 4.79 Å². The first-order valence-corrected chi connectivity index (χ1v) is 5.53. The van der Waals surface area contributed by atoms with Crippen molar-refractivity contribution in [1.29, 1.82) is 0 Å². The number of aromatic nitrogens is 2. The number of benzene rings is 1. The fraction of sp³-hybridized carbons (Fsp3) is 0.0909. The fourth-order valence-corrected chi connectivity index (χ4v) is 1.58. The van der Waals surface area contributed by atoms with Gasteiger partial charge in [0.15, 0.2) is 0 Å². The molecule has 1 amide bonds. The van der Waals surface area contributed by atoms with Crippen LogP contribution < -0.4 is 5.32 Å². The lowest BCUT2D eigenvalue weighted by Gasteiger charge is -2.03. The molecule has 0 aliphatic heterocycles. The Hall–Kier alpha value is -1.62. The predicted molar refractivity (Wildman–Crippen MR) is 65.4 cm³/mol. The highest BCUT2D eigenvalue weighted by Crippen LogP contribution is 2.15. The van der Waals surface area contributed by atoms with Gasteiger partial charge >= 0.3 is 0 Å². The zero-order valence-electron chi connectivity index (χ0n) is 8.62. The molecule has 2 aromatic rings. The number of carbonyl (C=O) groups is 1. The van der Waals surface area contributed by atoms with Crippen LogP contribution in [0.5, 0.6) is 0 Å². The molecule has 0 saturated carbocycles. The van der Waals surface area contributed by atoms with Crippen molar-refractivity contribution in [2.45, 2.75) is 6.92 Å². The van der Waals surface area contributed by atoms with Crippen molar-refractivity contribution in [3.05, 3.63) is 46.2 Å². The minimum Gasteiger partial charge on any atom is -0.322 e. The normalized spacial score (nSPS) is 10.1. The van der Waals surface area contributed by atoms with Gasteiger partial charge in [0.2, 0.25) is 0 Å². The van der Waals surface area contributed by atoms with Crippen molar-refractivity contribution in [3.63, 3.8) is 0 Å². The molecule has 5 heteroatoms. The zero-order valence-corrected chi connectivity index (χ0v) is 10.2. The first kappa shape index (κ1) is 10.9. The molecule has 16 heavy (non-hydrogen) atoms. The van der Waals surface area contributed by atoms with E-state index in [2.05, 4.69) is 31.4 Å². The molecular formula is C11H10BrN3O. The van der Waals surface area contributed by atoms with Crippen LogP contribution in [-0.2, 0) is 0 Å². The Morgan fingerprint density at radius 2 is 2.06 bits per heavy atom. The number of nitrogens with one attached hydrogen (secondary N) is 2. The number of hydrogen-bond donors (Lipinski definition) is 2. The number of rotatable bonds is 2. The number of anilines is 1. The summed E-state index contributed by atoms with van der Waals surface area (Å²) in [5.74, 6) is -0.159. The highest BCUT2D eigenvalue weighted by atomic mass is 79.9. The van der Waals surface area contributed by atoms with E-state index < -0.39 is 0 Å². The van der Waals surface area contributed by atoms with E-state index in [0.717, 1.165) is 15.9 Å². The molecule has 0 saturated heterocycles. The average molecular weight is 280 g/mol. The lowest BCUT2D eigenvalue weighted by molar-refractivity contribution is 0.102. The first-order chi connectivity index (χ1) is 7.66. The van der Waals surface area contributed by atoms with Gasteiger partial charge in [0.1, 0.15) is 0 Å². The maximum Gasteiger partial charge on any atom is 0.259 e. The Morgan fingerprint density at radius 1 is 1.38 bits per heavy atom. The molecule has 0 aliphatic carbocycles. The molecule has 1 aromatic carbocycles. The van der Waals surface area contributed by atoms with Crippen LogP contribution in [-0.4, -0.2) is 16.1 Å². The number of hydrogen-bond acceptors (Lipinski definition) is 2. The Morgan fingerprint density at radius 3 is 2.62 bits per heavy atom. The number of aromatic amines is 1. The summed E-state index contributed by atoms with van der Waals surface area (Å²) in [5.41, 5.74) is 2.08. The van der Waals surface area contributed by atoms with Crippen LogP contribution in [0.3, 0.4) is 0 Å². The number of halogens is 1. The van der Waals surface area contributed by atoms with Gasteiger partial charge < -0.3 is 5.32 Å². The van der Waals surface area contributed by atoms with Crippen molar-refractivity contribution in [1.82, 2.24) is 10.2 Å². The summed E-state index contributed by atoms with van der Waals surface area (Å²) >= 11 is 3.33. The maximum atomic E-state index is 11.8. The largest absolute Gasteiger partial charge is 0.322 e. The summed E-state index contributed by atoms with van der Waals surface area (Å²) < 4.78 is 0.977. The highest BCUT2D eigenvalue weighted by Gasteiger charge is 2.10. The molecular weight excluding hydrogens is 270 g/mol. The summed E-state index contributed by atoms with van der Waals surface area (Å²) in [4.78, 5) is 11.8. The van der Waals surface area contributed by atoms with Crippen LogP contribution >= 0.6 is 15.9 Å². The number of H-pyrrole nitrogens is 1. The Bertz CT molecular complexity index is 504. The second kappa shape index (κ2) is 4.49. The van der Waals surface area contributed by atoms with Gasteiger partial charge in [0.25, 0.3) is 5.91 Å². The van der Waals surface area contributed by atoms with Crippen molar-refractivity contribution >= 4 is 27.5 Å². The van der Waals surface area contributed by atoms with E-state index >= 15 is 0 Å².